The predicted molar refractivity (Wildman–Crippen MR) is 94.2 cm³/mol. The lowest BCUT2D eigenvalue weighted by Crippen LogP contribution is -2.17. The standard InChI is InChI=1S/C20H12F5N3O/c21-15-6-2-5-14(18(15)22)19-26-16-7-8-28(11-17(16)27-19)10-12-3-1-4-13(9-12)29-20(23,24)25/h1-9,11H,10H2. The molecule has 148 valence electrons. The van der Waals surface area contributed by atoms with Gasteiger partial charge < -0.3 is 9.30 Å². The van der Waals surface area contributed by atoms with Gasteiger partial charge >= 0.3 is 6.36 Å². The molecule has 0 fully saturated rings. The summed E-state index contributed by atoms with van der Waals surface area (Å²) in [6, 6.07) is 11.0. The second-order valence-electron chi connectivity index (χ2n) is 6.23. The first kappa shape index (κ1) is 18.9. The van der Waals surface area contributed by atoms with Gasteiger partial charge in [-0.2, -0.15) is 0 Å². The van der Waals surface area contributed by atoms with Crippen molar-refractivity contribution in [1.82, 2.24) is 14.5 Å². The van der Waals surface area contributed by atoms with Crippen LogP contribution in [0, 0.1) is 11.6 Å². The van der Waals surface area contributed by atoms with Crippen LogP contribution in [0.15, 0.2) is 60.9 Å². The molecule has 0 saturated heterocycles. The fourth-order valence-corrected chi connectivity index (χ4v) is 2.90. The van der Waals surface area contributed by atoms with Crippen molar-refractivity contribution in [2.75, 3.05) is 0 Å². The van der Waals surface area contributed by atoms with E-state index in [-0.39, 0.29) is 23.7 Å². The lowest BCUT2D eigenvalue weighted by molar-refractivity contribution is -0.274. The number of halogens is 5. The highest BCUT2D eigenvalue weighted by atomic mass is 19.4. The molecular formula is C20H12F5N3O. The van der Waals surface area contributed by atoms with Crippen molar-refractivity contribution in [2.45, 2.75) is 12.9 Å². The van der Waals surface area contributed by atoms with E-state index in [4.69, 9.17) is 0 Å². The molecule has 0 atom stereocenters. The average Bonchev–Trinajstić information content (AvgIpc) is 3.06. The highest BCUT2D eigenvalue weighted by molar-refractivity contribution is 5.66. The van der Waals surface area contributed by atoms with Crippen molar-refractivity contribution >= 4 is 0 Å². The fraction of sp³-hybridized carbons (Fsp3) is 0.100. The summed E-state index contributed by atoms with van der Waals surface area (Å²) in [6.45, 7) is 0.252. The zero-order valence-corrected chi connectivity index (χ0v) is 14.6. The Morgan fingerprint density at radius 1 is 0.931 bits per heavy atom. The number of pyridine rings is 1. The van der Waals surface area contributed by atoms with Crippen LogP contribution in [0.5, 0.6) is 5.75 Å². The van der Waals surface area contributed by atoms with Crippen LogP contribution in [0.4, 0.5) is 22.0 Å². The van der Waals surface area contributed by atoms with E-state index >= 15 is 0 Å². The molecule has 0 spiro atoms. The zero-order chi connectivity index (χ0) is 20.6. The molecule has 9 heteroatoms. The van der Waals surface area contributed by atoms with Gasteiger partial charge in [-0.3, -0.25) is 0 Å². The molecule has 2 aliphatic heterocycles. The van der Waals surface area contributed by atoms with Crippen molar-refractivity contribution in [3.63, 3.8) is 0 Å². The third kappa shape index (κ3) is 4.18. The zero-order valence-electron chi connectivity index (χ0n) is 14.6. The Balaban J connectivity index is 1.61. The van der Waals surface area contributed by atoms with Gasteiger partial charge in [0.15, 0.2) is 17.5 Å². The van der Waals surface area contributed by atoms with E-state index in [0.29, 0.717) is 17.0 Å². The lowest BCUT2D eigenvalue weighted by Gasteiger charge is -2.11. The monoisotopic (exact) mass is 405 g/mol. The molecule has 2 heterocycles. The van der Waals surface area contributed by atoms with Gasteiger partial charge in [0.25, 0.3) is 0 Å². The van der Waals surface area contributed by atoms with Gasteiger partial charge in [0.1, 0.15) is 11.4 Å². The average molecular weight is 405 g/mol. The van der Waals surface area contributed by atoms with E-state index < -0.39 is 18.0 Å². The molecule has 0 aromatic heterocycles. The number of nitrogens with zero attached hydrogens (tertiary/aromatic N) is 3. The van der Waals surface area contributed by atoms with Crippen molar-refractivity contribution in [2.24, 2.45) is 0 Å². The highest BCUT2D eigenvalue weighted by Gasteiger charge is 2.31. The second-order valence-corrected chi connectivity index (χ2v) is 6.23. The number of hydrogen-bond donors (Lipinski definition) is 0. The summed E-state index contributed by atoms with van der Waals surface area (Å²) < 4.78 is 70.2. The van der Waals surface area contributed by atoms with Gasteiger partial charge in [0, 0.05) is 18.9 Å². The predicted octanol–water partition coefficient (Wildman–Crippen LogP) is 5.28. The van der Waals surface area contributed by atoms with Crippen molar-refractivity contribution in [1.29, 1.82) is 0 Å². The maximum atomic E-state index is 14.0. The summed E-state index contributed by atoms with van der Waals surface area (Å²) in [5.41, 5.74) is 1.44. The van der Waals surface area contributed by atoms with Gasteiger partial charge in [-0.05, 0) is 35.9 Å². The van der Waals surface area contributed by atoms with Gasteiger partial charge in [0.05, 0.1) is 11.3 Å². The van der Waals surface area contributed by atoms with Crippen LogP contribution in [0.25, 0.3) is 22.8 Å². The van der Waals surface area contributed by atoms with Crippen LogP contribution in [-0.4, -0.2) is 20.9 Å². The van der Waals surface area contributed by atoms with Crippen LogP contribution >= 0.6 is 0 Å². The maximum Gasteiger partial charge on any atom is 0.573 e. The van der Waals surface area contributed by atoms with Crippen molar-refractivity contribution in [3.8, 4) is 28.5 Å². The Hall–Kier alpha value is -3.49. The molecule has 4 rings (SSSR count). The molecule has 0 aliphatic carbocycles. The Morgan fingerprint density at radius 3 is 2.48 bits per heavy atom. The van der Waals surface area contributed by atoms with Crippen LogP contribution < -0.4 is 4.74 Å². The first-order valence-corrected chi connectivity index (χ1v) is 8.41. The molecule has 0 radical (unpaired) electrons. The van der Waals surface area contributed by atoms with E-state index in [1.165, 1.54) is 30.3 Å². The maximum absolute atomic E-state index is 14.0. The number of aromatic nitrogens is 3. The minimum atomic E-state index is -4.77. The molecule has 2 aliphatic rings. The Bertz CT molecular complexity index is 1140. The summed E-state index contributed by atoms with van der Waals surface area (Å²) in [4.78, 5) is 8.45. The van der Waals surface area contributed by atoms with Crippen LogP contribution in [0.1, 0.15) is 5.56 Å². The van der Waals surface area contributed by atoms with E-state index in [1.54, 1.807) is 29.1 Å². The third-order valence-electron chi connectivity index (χ3n) is 4.12. The Morgan fingerprint density at radius 2 is 1.69 bits per heavy atom. The van der Waals surface area contributed by atoms with Crippen LogP contribution in [0.2, 0.25) is 0 Å². The number of fused-ring (bicyclic) bond motifs is 1. The normalized spacial score (nSPS) is 11.8. The molecule has 2 aromatic rings. The lowest BCUT2D eigenvalue weighted by atomic mass is 10.2. The number of ether oxygens (including phenoxy) is 1. The summed E-state index contributed by atoms with van der Waals surface area (Å²) in [7, 11) is 0. The summed E-state index contributed by atoms with van der Waals surface area (Å²) in [6.07, 6.45) is -1.47. The number of imidazole rings is 1. The molecule has 0 unspecified atom stereocenters. The number of hydrogen-bond acceptors (Lipinski definition) is 3. The third-order valence-corrected chi connectivity index (χ3v) is 4.12. The Kier molecular flexibility index (Phi) is 4.65. The van der Waals surface area contributed by atoms with Crippen molar-refractivity contribution in [3.05, 3.63) is 78.1 Å². The SMILES string of the molecule is Fc1cccc(-c2nc3ccn(Cc4cccc(OC(F)(F)F)c4)cc-3n2)c1F. The number of rotatable bonds is 4. The van der Waals surface area contributed by atoms with Gasteiger partial charge in [-0.15, -0.1) is 13.2 Å². The van der Waals surface area contributed by atoms with E-state index in [9.17, 15) is 22.0 Å². The van der Waals surface area contributed by atoms with E-state index in [2.05, 4.69) is 14.7 Å². The summed E-state index contributed by atoms with van der Waals surface area (Å²) in [5.74, 6) is -2.28. The van der Waals surface area contributed by atoms with Gasteiger partial charge in [-0.1, -0.05) is 18.2 Å². The smallest absolute Gasteiger partial charge is 0.406 e. The highest BCUT2D eigenvalue weighted by Crippen LogP contribution is 2.28. The molecule has 0 N–H and O–H groups in total. The molecule has 0 amide bonds. The molecule has 0 saturated carbocycles. The minimum Gasteiger partial charge on any atom is -0.406 e. The summed E-state index contributed by atoms with van der Waals surface area (Å²) in [5, 5.41) is 0. The largest absolute Gasteiger partial charge is 0.573 e. The van der Waals surface area contributed by atoms with Gasteiger partial charge in [-0.25, -0.2) is 18.7 Å². The topological polar surface area (TPSA) is 39.9 Å². The van der Waals surface area contributed by atoms with Crippen LogP contribution in [0.3, 0.4) is 0 Å². The second kappa shape index (κ2) is 7.16. The van der Waals surface area contributed by atoms with E-state index in [1.807, 2.05) is 0 Å². The van der Waals surface area contributed by atoms with E-state index in [0.717, 1.165) is 6.07 Å². The van der Waals surface area contributed by atoms with Crippen molar-refractivity contribution < 1.29 is 26.7 Å². The molecule has 0 bridgehead atoms. The first-order chi connectivity index (χ1) is 13.8. The molecular weight excluding hydrogens is 393 g/mol. The molecule has 2 aromatic carbocycles. The fourth-order valence-electron chi connectivity index (χ4n) is 2.90. The van der Waals surface area contributed by atoms with Gasteiger partial charge in [0.2, 0.25) is 0 Å². The first-order valence-electron chi connectivity index (χ1n) is 8.41. The quantitative estimate of drug-likeness (QED) is 0.434. The molecule has 4 nitrogen and oxygen atoms in total. The number of alkyl halides is 3. The number of benzene rings is 2. The minimum absolute atomic E-state index is 0.0512. The molecule has 29 heavy (non-hydrogen) atoms. The summed E-state index contributed by atoms with van der Waals surface area (Å²) >= 11 is 0. The Labute approximate surface area is 161 Å². The van der Waals surface area contributed by atoms with Crippen LogP contribution in [-0.2, 0) is 6.54 Å².